The fourth-order valence-corrected chi connectivity index (χ4v) is 10.4. The van der Waals surface area contributed by atoms with Crippen LogP contribution in [0.2, 0.25) is 0 Å². The summed E-state index contributed by atoms with van der Waals surface area (Å²) in [5.41, 5.74) is 5.64. The lowest BCUT2D eigenvalue weighted by Crippen LogP contribution is -2.34. The van der Waals surface area contributed by atoms with Crippen molar-refractivity contribution in [1.29, 1.82) is 0 Å². The Balaban J connectivity index is 0.000000166. The second-order valence-electron chi connectivity index (χ2n) is 19.4. The summed E-state index contributed by atoms with van der Waals surface area (Å²) in [5, 5.41) is 7.90. The number of benzene rings is 5. The average Bonchev–Trinajstić information content (AvgIpc) is 4.27. The van der Waals surface area contributed by atoms with Crippen molar-refractivity contribution in [3.8, 4) is 0 Å². The van der Waals surface area contributed by atoms with Crippen LogP contribution in [-0.2, 0) is 27.1 Å². The quantitative estimate of drug-likeness (QED) is 0.0700. The van der Waals surface area contributed by atoms with Gasteiger partial charge in [-0.1, -0.05) is 54.6 Å². The Labute approximate surface area is 434 Å². The summed E-state index contributed by atoms with van der Waals surface area (Å²) in [4.78, 5) is 105. The minimum absolute atomic E-state index is 0.118. The Morgan fingerprint density at radius 2 is 0.921 bits per heavy atom. The smallest absolute Gasteiger partial charge is 0.414 e. The van der Waals surface area contributed by atoms with Gasteiger partial charge in [0.2, 0.25) is 17.5 Å². The van der Waals surface area contributed by atoms with E-state index < -0.39 is 42.1 Å². The topological polar surface area (TPSA) is 225 Å². The summed E-state index contributed by atoms with van der Waals surface area (Å²) in [7, 11) is 0. The predicted molar refractivity (Wildman–Crippen MR) is 278 cm³/mol. The molecule has 2 aliphatic heterocycles. The number of rotatable bonds is 11. The zero-order valence-corrected chi connectivity index (χ0v) is 41.2. The van der Waals surface area contributed by atoms with Crippen molar-refractivity contribution >= 4 is 91.4 Å². The second kappa shape index (κ2) is 20.7. The fraction of sp³-hybridized carbons (Fsp3) is 0.254. The Kier molecular flexibility index (Phi) is 13.3. The number of carbonyl (C=O) groups excluding carboxylic acids is 8. The van der Waals surface area contributed by atoms with E-state index in [4.69, 9.17) is 22.7 Å². The van der Waals surface area contributed by atoms with Crippen LogP contribution in [0.3, 0.4) is 0 Å². The van der Waals surface area contributed by atoms with Gasteiger partial charge in [-0.2, -0.15) is 0 Å². The van der Waals surface area contributed by atoms with Crippen molar-refractivity contribution in [2.24, 2.45) is 11.8 Å². The van der Waals surface area contributed by atoms with Crippen LogP contribution in [0.5, 0.6) is 0 Å². The highest BCUT2D eigenvalue weighted by molar-refractivity contribution is 6.18. The molecule has 2 fully saturated rings. The molecular weight excluding hydrogens is 973 g/mol. The molecule has 4 amide bonds. The molecule has 5 aromatic carbocycles. The molecule has 17 heteroatoms. The van der Waals surface area contributed by atoms with Gasteiger partial charge in [-0.05, 0) is 122 Å². The van der Waals surface area contributed by atoms with Gasteiger partial charge in [0, 0.05) is 45.6 Å². The number of cyclic esters (lactones) is 2. The van der Waals surface area contributed by atoms with Crippen molar-refractivity contribution in [1.82, 2.24) is 10.6 Å². The van der Waals surface area contributed by atoms with Crippen molar-refractivity contribution < 1.29 is 61.1 Å². The Morgan fingerprint density at radius 1 is 0.513 bits per heavy atom. The largest absolute Gasteiger partial charge is 0.453 e. The number of nitrogens with one attached hydrogen (secondary N) is 2. The first-order valence-corrected chi connectivity index (χ1v) is 25.2. The van der Waals surface area contributed by atoms with E-state index in [0.717, 1.165) is 27.3 Å². The third-order valence-electron chi connectivity index (χ3n) is 14.3. The average molecular weight is 1020 g/mol. The molecule has 4 atom stereocenters. The van der Waals surface area contributed by atoms with Gasteiger partial charge in [-0.15, -0.1) is 0 Å². The van der Waals surface area contributed by atoms with Crippen LogP contribution in [-0.4, -0.2) is 85.5 Å². The molecule has 0 spiro atoms. The lowest BCUT2D eigenvalue weighted by atomic mass is 9.90. The highest BCUT2D eigenvalue weighted by Crippen LogP contribution is 2.35. The molecule has 384 valence electrons. The number of ether oxygens (including phenoxy) is 2. The number of anilines is 2. The van der Waals surface area contributed by atoms with E-state index in [2.05, 4.69) is 10.6 Å². The van der Waals surface area contributed by atoms with Crippen LogP contribution >= 0.6 is 0 Å². The molecule has 5 heterocycles. The van der Waals surface area contributed by atoms with Gasteiger partial charge < -0.3 is 33.4 Å². The maximum atomic E-state index is 13.5. The molecule has 8 aromatic rings. The maximum Gasteiger partial charge on any atom is 0.414 e. The number of amides is 4. The van der Waals surface area contributed by atoms with Crippen LogP contribution in [0, 0.1) is 11.8 Å². The summed E-state index contributed by atoms with van der Waals surface area (Å²) >= 11 is 0. The first-order valence-electron chi connectivity index (χ1n) is 25.2. The summed E-state index contributed by atoms with van der Waals surface area (Å²) in [6.45, 7) is 2.31. The summed E-state index contributed by atoms with van der Waals surface area (Å²) < 4.78 is 27.9. The van der Waals surface area contributed by atoms with Crippen LogP contribution in [0.1, 0.15) is 96.1 Å². The standard InChI is InChI=1S/C33H26N2O7.C26H24N2O6/c36-30-24-13-12-22(14-19(24)8-5-9-25(30)31(37)28-15-20-6-1-3-10-26(20)41-28)35-18-23(40-33(35)39)17-34-32(38)29-16-21-7-2-4-11-27(21)42-29;1-15(29)27-13-19-14-28(26(32)33-19)18-9-10-20-16(11-18)6-4-7-21(24(20)30)25(31)23-12-17-5-2-3-8-22(17)34-23/h1-4,6-7,10-16,23,25H,5,8-9,17-18H2,(H,34,38);2-3,5,8-12,19,21H,4,6-7,13-14H2,1H3,(H,27,29)/t23-,25?;19-,21?/m00/s1. The van der Waals surface area contributed by atoms with E-state index in [0.29, 0.717) is 84.3 Å². The summed E-state index contributed by atoms with van der Waals surface area (Å²) in [5.74, 6) is -2.72. The van der Waals surface area contributed by atoms with E-state index in [1.54, 1.807) is 60.7 Å². The van der Waals surface area contributed by atoms with Gasteiger partial charge in [0.25, 0.3) is 5.91 Å². The molecule has 76 heavy (non-hydrogen) atoms. The number of para-hydroxylation sites is 3. The molecule has 2 N–H and O–H groups in total. The number of Topliss-reactive ketones (excluding diaryl/α,β-unsaturated/α-hetero) is 4. The fourth-order valence-electron chi connectivity index (χ4n) is 10.4. The molecule has 2 unspecified atom stereocenters. The molecule has 0 saturated carbocycles. The monoisotopic (exact) mass is 1020 g/mol. The lowest BCUT2D eigenvalue weighted by Gasteiger charge is -2.16. The van der Waals surface area contributed by atoms with Crippen molar-refractivity contribution in [3.63, 3.8) is 0 Å². The zero-order chi connectivity index (χ0) is 52.6. The number of aryl methyl sites for hydroxylation is 2. The molecule has 12 rings (SSSR count). The molecular formula is C59H50N4O13. The van der Waals surface area contributed by atoms with E-state index in [9.17, 15) is 38.4 Å². The minimum Gasteiger partial charge on any atom is -0.453 e. The van der Waals surface area contributed by atoms with Crippen LogP contribution in [0.15, 0.2) is 141 Å². The number of hydrogen-bond acceptors (Lipinski definition) is 13. The van der Waals surface area contributed by atoms with E-state index in [1.165, 1.54) is 16.7 Å². The second-order valence-corrected chi connectivity index (χ2v) is 19.4. The van der Waals surface area contributed by atoms with Gasteiger partial charge >= 0.3 is 12.2 Å². The van der Waals surface area contributed by atoms with Gasteiger partial charge in [-0.25, -0.2) is 9.59 Å². The van der Waals surface area contributed by atoms with Crippen LogP contribution in [0.25, 0.3) is 32.9 Å². The Morgan fingerprint density at radius 3 is 1.36 bits per heavy atom. The maximum absolute atomic E-state index is 13.5. The third kappa shape index (κ3) is 9.86. The first kappa shape index (κ1) is 49.1. The highest BCUT2D eigenvalue weighted by Gasteiger charge is 2.38. The number of carbonyl (C=O) groups is 8. The van der Waals surface area contributed by atoms with Gasteiger partial charge in [-0.3, -0.25) is 38.6 Å². The SMILES string of the molecule is CC(=O)NC[C@H]1CN(c2ccc3c(c2)CCCC(C(=O)c2cc4ccccc4o2)C3=O)C(=O)O1.O=C(NC[C@H]1CN(c2ccc3c(c2)CCCC(C(=O)c2cc4ccccc4o2)C3=O)C(=O)O1)c1cc2ccccc2o1. The van der Waals surface area contributed by atoms with Crippen molar-refractivity contribution in [2.75, 3.05) is 36.0 Å². The molecule has 0 bridgehead atoms. The molecule has 2 aliphatic carbocycles. The molecule has 3 aromatic heterocycles. The summed E-state index contributed by atoms with van der Waals surface area (Å²) in [6.07, 6.45) is 1.34. The number of hydrogen-bond donors (Lipinski definition) is 2. The normalized spacial score (nSPS) is 19.3. The van der Waals surface area contributed by atoms with Crippen LogP contribution < -0.4 is 20.4 Å². The highest BCUT2D eigenvalue weighted by atomic mass is 16.6. The molecule has 17 nitrogen and oxygen atoms in total. The molecule has 4 aliphatic rings. The van der Waals surface area contributed by atoms with Crippen LogP contribution in [0.4, 0.5) is 21.0 Å². The van der Waals surface area contributed by atoms with Crippen molar-refractivity contribution in [2.45, 2.75) is 57.7 Å². The Hall–Kier alpha value is -9.12. The van der Waals surface area contributed by atoms with Crippen molar-refractivity contribution in [3.05, 3.63) is 167 Å². The molecule has 0 radical (unpaired) electrons. The van der Waals surface area contributed by atoms with Gasteiger partial charge in [0.05, 0.1) is 38.0 Å². The lowest BCUT2D eigenvalue weighted by molar-refractivity contribution is -0.119. The first-order chi connectivity index (χ1) is 36.8. The number of fused-ring (bicyclic) bond motifs is 5. The Bertz CT molecular complexity index is 3560. The zero-order valence-electron chi connectivity index (χ0n) is 41.2. The van der Waals surface area contributed by atoms with E-state index in [1.807, 2.05) is 66.7 Å². The van der Waals surface area contributed by atoms with Gasteiger partial charge in [0.1, 0.15) is 29.0 Å². The third-order valence-corrected chi connectivity index (χ3v) is 14.3. The van der Waals surface area contributed by atoms with E-state index in [-0.39, 0.29) is 66.0 Å². The number of nitrogens with zero attached hydrogens (tertiary/aromatic N) is 2. The van der Waals surface area contributed by atoms with Gasteiger partial charge in [0.15, 0.2) is 28.8 Å². The number of furan rings is 3. The predicted octanol–water partition coefficient (Wildman–Crippen LogP) is 9.86. The van der Waals surface area contributed by atoms with E-state index >= 15 is 0 Å². The minimum atomic E-state index is -0.825. The number of ketones is 4. The summed E-state index contributed by atoms with van der Waals surface area (Å²) in [6, 6.07) is 37.5. The molecule has 2 saturated heterocycles.